The highest BCUT2D eigenvalue weighted by atomic mass is 32.2. The van der Waals surface area contributed by atoms with E-state index in [4.69, 9.17) is 0 Å². The molecule has 0 N–H and O–H groups in total. The van der Waals surface area contributed by atoms with Crippen LogP contribution in [-0.2, 0) is 4.79 Å². The first-order valence-electron chi connectivity index (χ1n) is 3.09. The summed E-state index contributed by atoms with van der Waals surface area (Å²) in [5.41, 5.74) is 0.690. The van der Waals surface area contributed by atoms with E-state index in [1.165, 1.54) is 6.08 Å². The van der Waals surface area contributed by atoms with Crippen molar-refractivity contribution in [2.45, 2.75) is 4.90 Å². The van der Waals surface area contributed by atoms with Gasteiger partial charge >= 0.3 is 0 Å². The SMILES string of the molecule is CSc1ccccc1N=C=O. The molecule has 0 atom stereocenters. The molecule has 0 fully saturated rings. The van der Waals surface area contributed by atoms with Crippen molar-refractivity contribution in [1.82, 2.24) is 0 Å². The Morgan fingerprint density at radius 1 is 1.45 bits per heavy atom. The monoisotopic (exact) mass is 165 g/mol. The van der Waals surface area contributed by atoms with Crippen molar-refractivity contribution in [3.05, 3.63) is 24.3 Å². The van der Waals surface area contributed by atoms with Crippen LogP contribution in [0, 0.1) is 0 Å². The minimum atomic E-state index is 0.690. The number of thioether (sulfide) groups is 1. The van der Waals surface area contributed by atoms with Crippen LogP contribution in [0.3, 0.4) is 0 Å². The van der Waals surface area contributed by atoms with Crippen LogP contribution < -0.4 is 0 Å². The van der Waals surface area contributed by atoms with Crippen molar-refractivity contribution in [2.24, 2.45) is 4.99 Å². The first-order valence-corrected chi connectivity index (χ1v) is 4.32. The van der Waals surface area contributed by atoms with E-state index in [-0.39, 0.29) is 0 Å². The molecule has 1 aromatic carbocycles. The van der Waals surface area contributed by atoms with E-state index < -0.39 is 0 Å². The van der Waals surface area contributed by atoms with Crippen LogP contribution in [0.1, 0.15) is 0 Å². The van der Waals surface area contributed by atoms with E-state index in [0.29, 0.717) is 5.69 Å². The van der Waals surface area contributed by atoms with E-state index in [1.54, 1.807) is 17.8 Å². The van der Waals surface area contributed by atoms with Gasteiger partial charge in [-0.15, -0.1) is 11.8 Å². The van der Waals surface area contributed by atoms with E-state index >= 15 is 0 Å². The van der Waals surface area contributed by atoms with Gasteiger partial charge in [-0.05, 0) is 18.4 Å². The van der Waals surface area contributed by atoms with Crippen LogP contribution in [0.4, 0.5) is 5.69 Å². The fourth-order valence-corrected chi connectivity index (χ4v) is 1.31. The first-order chi connectivity index (χ1) is 5.38. The zero-order chi connectivity index (χ0) is 8.10. The summed E-state index contributed by atoms with van der Waals surface area (Å²) in [5.74, 6) is 0. The zero-order valence-electron chi connectivity index (χ0n) is 6.07. The molecule has 0 aliphatic heterocycles. The Morgan fingerprint density at radius 2 is 2.18 bits per heavy atom. The van der Waals surface area contributed by atoms with Gasteiger partial charge in [0.1, 0.15) is 0 Å². The molecule has 56 valence electrons. The van der Waals surface area contributed by atoms with Crippen LogP contribution in [0.5, 0.6) is 0 Å². The second-order valence-corrected chi connectivity index (χ2v) is 2.72. The molecular formula is C8H7NOS. The molecule has 2 nitrogen and oxygen atoms in total. The lowest BCUT2D eigenvalue weighted by Crippen LogP contribution is -1.69. The molecule has 0 saturated heterocycles. The minimum absolute atomic E-state index is 0.690. The fraction of sp³-hybridized carbons (Fsp3) is 0.125. The molecule has 1 rings (SSSR count). The molecule has 3 heteroatoms. The van der Waals surface area contributed by atoms with Gasteiger partial charge in [-0.25, -0.2) is 4.79 Å². The van der Waals surface area contributed by atoms with Crippen molar-refractivity contribution < 1.29 is 4.79 Å². The Morgan fingerprint density at radius 3 is 2.82 bits per heavy atom. The highest BCUT2D eigenvalue weighted by Gasteiger charge is 1.95. The third kappa shape index (κ3) is 1.93. The van der Waals surface area contributed by atoms with Crippen LogP contribution >= 0.6 is 11.8 Å². The van der Waals surface area contributed by atoms with Gasteiger partial charge in [-0.2, -0.15) is 4.99 Å². The molecule has 0 aliphatic rings. The Labute approximate surface area is 69.3 Å². The minimum Gasteiger partial charge on any atom is -0.211 e. The van der Waals surface area contributed by atoms with Crippen molar-refractivity contribution in [3.8, 4) is 0 Å². The lowest BCUT2D eigenvalue weighted by Gasteiger charge is -1.97. The number of para-hydroxylation sites is 1. The standard InChI is InChI=1S/C8H7NOS/c1-11-8-5-3-2-4-7(8)9-6-10/h2-5H,1H3. The normalized spacial score (nSPS) is 8.82. The molecular weight excluding hydrogens is 158 g/mol. The third-order valence-corrected chi connectivity index (χ3v) is 2.04. The summed E-state index contributed by atoms with van der Waals surface area (Å²) in [5, 5.41) is 0. The van der Waals surface area contributed by atoms with E-state index in [1.807, 2.05) is 24.5 Å². The molecule has 0 aromatic heterocycles. The molecule has 11 heavy (non-hydrogen) atoms. The molecule has 0 spiro atoms. The molecule has 0 bridgehead atoms. The summed E-state index contributed by atoms with van der Waals surface area (Å²) < 4.78 is 0. The van der Waals surface area contributed by atoms with E-state index in [9.17, 15) is 4.79 Å². The highest BCUT2D eigenvalue weighted by molar-refractivity contribution is 7.98. The number of isocyanates is 1. The van der Waals surface area contributed by atoms with Crippen molar-refractivity contribution >= 4 is 23.5 Å². The summed E-state index contributed by atoms with van der Waals surface area (Å²) in [4.78, 5) is 14.5. The smallest absolute Gasteiger partial charge is 0.211 e. The predicted molar refractivity (Wildman–Crippen MR) is 46.0 cm³/mol. The summed E-state index contributed by atoms with van der Waals surface area (Å²) in [6.07, 6.45) is 3.46. The number of hydrogen-bond donors (Lipinski definition) is 0. The Bertz CT molecular complexity index is 292. The number of hydrogen-bond acceptors (Lipinski definition) is 3. The maximum atomic E-state index is 9.94. The third-order valence-electron chi connectivity index (χ3n) is 1.25. The first kappa shape index (κ1) is 8.05. The van der Waals surface area contributed by atoms with Crippen LogP contribution in [0.15, 0.2) is 34.2 Å². The van der Waals surface area contributed by atoms with E-state index in [0.717, 1.165) is 4.90 Å². The summed E-state index contributed by atoms with van der Waals surface area (Å²) in [6.45, 7) is 0. The van der Waals surface area contributed by atoms with Gasteiger partial charge in [-0.3, -0.25) is 0 Å². The number of benzene rings is 1. The largest absolute Gasteiger partial charge is 0.240 e. The molecule has 0 heterocycles. The molecule has 1 aromatic rings. The lowest BCUT2D eigenvalue weighted by molar-refractivity contribution is 0.565. The van der Waals surface area contributed by atoms with Gasteiger partial charge in [0.15, 0.2) is 0 Å². The number of nitrogens with zero attached hydrogens (tertiary/aromatic N) is 1. The highest BCUT2D eigenvalue weighted by Crippen LogP contribution is 2.26. The van der Waals surface area contributed by atoms with E-state index in [2.05, 4.69) is 4.99 Å². The number of rotatable bonds is 2. The molecule has 0 aliphatic carbocycles. The van der Waals surface area contributed by atoms with Gasteiger partial charge in [0.2, 0.25) is 6.08 Å². The maximum Gasteiger partial charge on any atom is 0.240 e. The molecule has 0 radical (unpaired) electrons. The quantitative estimate of drug-likeness (QED) is 0.382. The van der Waals surface area contributed by atoms with Crippen LogP contribution in [0.25, 0.3) is 0 Å². The van der Waals surface area contributed by atoms with Gasteiger partial charge in [0.25, 0.3) is 0 Å². The van der Waals surface area contributed by atoms with Crippen molar-refractivity contribution in [2.75, 3.05) is 6.26 Å². The maximum absolute atomic E-state index is 9.94. The predicted octanol–water partition coefficient (Wildman–Crippen LogP) is 2.38. The van der Waals surface area contributed by atoms with Crippen molar-refractivity contribution in [1.29, 1.82) is 0 Å². The summed E-state index contributed by atoms with van der Waals surface area (Å²) in [6, 6.07) is 7.46. The number of carbonyl (C=O) groups excluding carboxylic acids is 1. The van der Waals surface area contributed by atoms with Gasteiger partial charge < -0.3 is 0 Å². The average Bonchev–Trinajstić information content (AvgIpc) is 2.06. The number of aliphatic imine (C=N–C) groups is 1. The summed E-state index contributed by atoms with van der Waals surface area (Å²) >= 11 is 1.56. The molecule has 0 unspecified atom stereocenters. The zero-order valence-corrected chi connectivity index (χ0v) is 6.89. The van der Waals surface area contributed by atoms with Gasteiger partial charge in [0, 0.05) is 4.90 Å². The average molecular weight is 165 g/mol. The fourth-order valence-electron chi connectivity index (χ4n) is 0.771. The topological polar surface area (TPSA) is 29.4 Å². The molecule has 0 amide bonds. The Kier molecular flexibility index (Phi) is 2.90. The molecule has 0 saturated carbocycles. The Balaban J connectivity index is 3.11. The van der Waals surface area contributed by atoms with Gasteiger partial charge in [-0.1, -0.05) is 12.1 Å². The van der Waals surface area contributed by atoms with Crippen LogP contribution in [0.2, 0.25) is 0 Å². The second-order valence-electron chi connectivity index (χ2n) is 1.87. The Hall–Kier alpha value is -1.05. The second kappa shape index (κ2) is 3.96. The van der Waals surface area contributed by atoms with Crippen LogP contribution in [-0.4, -0.2) is 12.3 Å². The summed E-state index contributed by atoms with van der Waals surface area (Å²) in [7, 11) is 0. The lowest BCUT2D eigenvalue weighted by atomic mass is 10.3. The van der Waals surface area contributed by atoms with Gasteiger partial charge in [0.05, 0.1) is 5.69 Å². The van der Waals surface area contributed by atoms with Crippen molar-refractivity contribution in [3.63, 3.8) is 0 Å².